The smallest absolute Gasteiger partial charge is 0.410 e. The van der Waals surface area contributed by atoms with Gasteiger partial charge in [0.05, 0.1) is 12.1 Å². The molecule has 4 heterocycles. The first-order chi connectivity index (χ1) is 22.9. The van der Waals surface area contributed by atoms with Crippen LogP contribution in [0.2, 0.25) is 0 Å². The number of fused-ring (bicyclic) bond motifs is 1. The molecule has 0 aliphatic carbocycles. The fourth-order valence-electron chi connectivity index (χ4n) is 6.88. The van der Waals surface area contributed by atoms with Gasteiger partial charge in [0.1, 0.15) is 11.4 Å². The highest BCUT2D eigenvalue weighted by atomic mass is 16.6. The lowest BCUT2D eigenvalue weighted by Crippen LogP contribution is -2.57. The van der Waals surface area contributed by atoms with Gasteiger partial charge in [-0.25, -0.2) is 4.79 Å². The van der Waals surface area contributed by atoms with Gasteiger partial charge in [-0.2, -0.15) is 5.10 Å². The first-order valence-corrected chi connectivity index (χ1v) is 17.1. The molecule has 3 aliphatic heterocycles. The minimum Gasteiger partial charge on any atom is -0.478 e. The maximum absolute atomic E-state index is 13.8. The lowest BCUT2D eigenvalue weighted by Gasteiger charge is -2.39. The van der Waals surface area contributed by atoms with Crippen LogP contribution in [-0.4, -0.2) is 99.8 Å². The maximum atomic E-state index is 13.8. The van der Waals surface area contributed by atoms with Crippen molar-refractivity contribution in [2.24, 2.45) is 5.92 Å². The topological polar surface area (TPSA) is 111 Å². The van der Waals surface area contributed by atoms with Gasteiger partial charge in [-0.1, -0.05) is 24.3 Å². The van der Waals surface area contributed by atoms with E-state index < -0.39 is 11.2 Å². The van der Waals surface area contributed by atoms with Crippen molar-refractivity contribution in [2.75, 3.05) is 50.7 Å². The highest BCUT2D eigenvalue weighted by Crippen LogP contribution is 2.31. The molecule has 0 radical (unpaired) electrons. The van der Waals surface area contributed by atoms with Crippen LogP contribution in [0.5, 0.6) is 5.75 Å². The number of carbonyl (C=O) groups is 3. The molecule has 2 fully saturated rings. The number of carbonyl (C=O) groups excluding carboxylic acids is 3. The zero-order valence-corrected chi connectivity index (χ0v) is 28.8. The normalized spacial score (nSPS) is 18.7. The third-order valence-corrected chi connectivity index (χ3v) is 9.42. The molecule has 256 valence electrons. The summed E-state index contributed by atoms with van der Waals surface area (Å²) >= 11 is 0. The van der Waals surface area contributed by atoms with Crippen LogP contribution < -0.4 is 9.64 Å². The summed E-state index contributed by atoms with van der Waals surface area (Å²) in [5.41, 5.74) is 4.03. The molecule has 11 nitrogen and oxygen atoms in total. The summed E-state index contributed by atoms with van der Waals surface area (Å²) in [6.45, 7) is 13.6. The second kappa shape index (κ2) is 13.5. The average molecular weight is 657 g/mol. The minimum absolute atomic E-state index is 0.0764. The Kier molecular flexibility index (Phi) is 9.40. The summed E-state index contributed by atoms with van der Waals surface area (Å²) in [6, 6.07) is 14.3. The molecule has 1 atom stereocenters. The third-order valence-electron chi connectivity index (χ3n) is 9.42. The number of aromatic amines is 1. The van der Waals surface area contributed by atoms with E-state index in [9.17, 15) is 14.4 Å². The Morgan fingerprint density at radius 1 is 0.854 bits per heavy atom. The largest absolute Gasteiger partial charge is 0.478 e. The number of hydrogen-bond donors (Lipinski definition) is 1. The van der Waals surface area contributed by atoms with E-state index in [-0.39, 0.29) is 23.8 Å². The predicted molar refractivity (Wildman–Crippen MR) is 184 cm³/mol. The molecule has 11 heteroatoms. The van der Waals surface area contributed by atoms with Gasteiger partial charge in [-0.05, 0) is 82.7 Å². The fraction of sp³-hybridized carbons (Fsp3) is 0.514. The number of nitrogens with zero attached hydrogens (tertiary/aromatic N) is 5. The van der Waals surface area contributed by atoms with Gasteiger partial charge in [0.15, 0.2) is 5.60 Å². The first kappa shape index (κ1) is 33.4. The maximum Gasteiger partial charge on any atom is 0.410 e. The van der Waals surface area contributed by atoms with E-state index in [1.807, 2.05) is 62.3 Å². The van der Waals surface area contributed by atoms with Gasteiger partial charge in [0.2, 0.25) is 5.91 Å². The fourth-order valence-corrected chi connectivity index (χ4v) is 6.88. The van der Waals surface area contributed by atoms with Crippen molar-refractivity contribution in [1.82, 2.24) is 24.9 Å². The van der Waals surface area contributed by atoms with Crippen LogP contribution in [0.3, 0.4) is 0 Å². The molecule has 3 amide bonds. The Balaban J connectivity index is 1.04. The minimum atomic E-state index is -1.10. The molecule has 3 aliphatic rings. The Morgan fingerprint density at radius 3 is 2.35 bits per heavy atom. The van der Waals surface area contributed by atoms with Crippen molar-refractivity contribution >= 4 is 23.6 Å². The van der Waals surface area contributed by atoms with Crippen molar-refractivity contribution in [3.05, 3.63) is 66.0 Å². The first-order valence-electron chi connectivity index (χ1n) is 17.1. The van der Waals surface area contributed by atoms with Crippen LogP contribution >= 0.6 is 0 Å². The summed E-state index contributed by atoms with van der Waals surface area (Å²) in [7, 11) is 0. The number of H-pyrrole nitrogens is 1. The second-order valence-electron chi connectivity index (χ2n) is 14.6. The monoisotopic (exact) mass is 656 g/mol. The summed E-state index contributed by atoms with van der Waals surface area (Å²) in [6.07, 6.45) is 6.02. The zero-order valence-electron chi connectivity index (χ0n) is 28.8. The van der Waals surface area contributed by atoms with E-state index in [2.05, 4.69) is 33.3 Å². The lowest BCUT2D eigenvalue weighted by molar-refractivity contribution is -0.147. The molecule has 0 bridgehead atoms. The molecule has 3 aromatic rings. The number of piperazine rings is 1. The predicted octanol–water partition coefficient (Wildman–Crippen LogP) is 5.11. The quantitative estimate of drug-likeness (QED) is 0.393. The van der Waals surface area contributed by atoms with Crippen molar-refractivity contribution in [1.29, 1.82) is 0 Å². The van der Waals surface area contributed by atoms with E-state index in [1.54, 1.807) is 23.6 Å². The van der Waals surface area contributed by atoms with Gasteiger partial charge in [-0.15, -0.1) is 0 Å². The highest BCUT2D eigenvalue weighted by molar-refractivity contribution is 5.85. The summed E-state index contributed by atoms with van der Waals surface area (Å²) in [5, 5.41) is 6.95. The Bertz CT molecular complexity index is 1620. The zero-order chi connectivity index (χ0) is 34.1. The van der Waals surface area contributed by atoms with Crippen LogP contribution in [0, 0.1) is 5.92 Å². The number of amides is 3. The van der Waals surface area contributed by atoms with Crippen LogP contribution in [-0.2, 0) is 27.3 Å². The SMILES string of the molecule is CC(C)(C)OC(=O)N1CCN(C(=O)C(C)(C)Oc2cccc(N3CCC[C@@H](C(=O)N4CCc5cc(-c6cn[nH]c6)ccc5C4)C3)c2)CC1. The van der Waals surface area contributed by atoms with E-state index in [0.717, 1.165) is 49.2 Å². The van der Waals surface area contributed by atoms with Crippen LogP contribution in [0.1, 0.15) is 58.6 Å². The van der Waals surface area contributed by atoms with Gasteiger partial charge in [0.25, 0.3) is 5.91 Å². The number of anilines is 1. The molecule has 0 unspecified atom stereocenters. The molecule has 6 rings (SSSR count). The van der Waals surface area contributed by atoms with E-state index in [1.165, 1.54) is 11.1 Å². The van der Waals surface area contributed by atoms with E-state index >= 15 is 0 Å². The van der Waals surface area contributed by atoms with Crippen LogP contribution in [0.25, 0.3) is 11.1 Å². The van der Waals surface area contributed by atoms with Gasteiger partial charge < -0.3 is 29.1 Å². The molecule has 0 spiro atoms. The Morgan fingerprint density at radius 2 is 1.62 bits per heavy atom. The second-order valence-corrected chi connectivity index (χ2v) is 14.6. The van der Waals surface area contributed by atoms with E-state index in [4.69, 9.17) is 9.47 Å². The third kappa shape index (κ3) is 7.61. The molecular formula is C37H48N6O5. The van der Waals surface area contributed by atoms with Crippen molar-refractivity contribution in [3.63, 3.8) is 0 Å². The van der Waals surface area contributed by atoms with Crippen molar-refractivity contribution in [2.45, 2.75) is 71.6 Å². The lowest BCUT2D eigenvalue weighted by atomic mass is 9.92. The standard InChI is InChI=1S/C37H48N6O5/c1-36(2,3)48-35(46)41-18-16-40(17-19-41)34(45)37(4,5)47-32-10-6-9-31(21-32)42-14-7-8-29(25-42)33(44)43-15-13-27-20-26(11-12-28(27)24-43)30-22-38-39-23-30/h6,9-12,20-23,29H,7-8,13-19,24-25H2,1-5H3,(H,38,39)/t29-/m1/s1. The molecule has 1 N–H and O–H groups in total. The van der Waals surface area contributed by atoms with Gasteiger partial charge in [0, 0.05) is 75.9 Å². The van der Waals surface area contributed by atoms with E-state index in [0.29, 0.717) is 45.0 Å². The summed E-state index contributed by atoms with van der Waals surface area (Å²) in [5.74, 6) is 0.623. The number of aromatic nitrogens is 2. The summed E-state index contributed by atoms with van der Waals surface area (Å²) < 4.78 is 11.8. The Labute approximate surface area is 283 Å². The van der Waals surface area contributed by atoms with Gasteiger partial charge >= 0.3 is 6.09 Å². The van der Waals surface area contributed by atoms with Crippen LogP contribution in [0.4, 0.5) is 10.5 Å². The molecule has 2 aromatic carbocycles. The number of benzene rings is 2. The van der Waals surface area contributed by atoms with Crippen molar-refractivity contribution in [3.8, 4) is 16.9 Å². The van der Waals surface area contributed by atoms with Crippen LogP contribution in [0.15, 0.2) is 54.9 Å². The van der Waals surface area contributed by atoms with Gasteiger partial charge in [-0.3, -0.25) is 14.7 Å². The molecule has 48 heavy (non-hydrogen) atoms. The highest BCUT2D eigenvalue weighted by Gasteiger charge is 2.37. The van der Waals surface area contributed by atoms with Crippen molar-refractivity contribution < 1.29 is 23.9 Å². The molecule has 1 aromatic heterocycles. The number of nitrogens with one attached hydrogen (secondary N) is 1. The number of rotatable bonds is 6. The molecule has 0 saturated carbocycles. The number of ether oxygens (including phenoxy) is 2. The molecular weight excluding hydrogens is 608 g/mol. The summed E-state index contributed by atoms with van der Waals surface area (Å²) in [4.78, 5) is 47.5. The number of piperidine rings is 1. The Hall–Kier alpha value is -4.54. The molecule has 2 saturated heterocycles. The average Bonchev–Trinajstić information content (AvgIpc) is 3.62. The number of hydrogen-bond acceptors (Lipinski definition) is 7.